The normalized spacial score (nSPS) is 14.0. The quantitative estimate of drug-likeness (QED) is 0.0166. The number of quaternary nitrogens is 1. The van der Waals surface area contributed by atoms with Crippen molar-refractivity contribution in [1.82, 2.24) is 0 Å². The molecule has 0 bridgehead atoms. The van der Waals surface area contributed by atoms with Crippen LogP contribution in [-0.2, 0) is 27.9 Å². The average Bonchev–Trinajstić information content (AvgIpc) is 3.09. The molecule has 0 spiro atoms. The SMILES string of the molecule is CCCCCCCCC/C=C\CCCCCCCC(=O)O[C@H](CO/C=C\CCCCCCCCCCCCCC)COP(=O)(O)OCC[N+](C)(C)C. The number of nitrogens with zero attached hydrogens (tertiary/aromatic N) is 1. The summed E-state index contributed by atoms with van der Waals surface area (Å²) in [4.78, 5) is 22.8. The molecular weight excluding hydrogens is 673 g/mol. The van der Waals surface area contributed by atoms with Gasteiger partial charge in [-0.3, -0.25) is 13.8 Å². The third-order valence-electron chi connectivity index (χ3n) is 9.33. The van der Waals surface area contributed by atoms with E-state index in [2.05, 4.69) is 26.0 Å². The van der Waals surface area contributed by atoms with Gasteiger partial charge >= 0.3 is 13.8 Å². The van der Waals surface area contributed by atoms with Crippen LogP contribution in [0.15, 0.2) is 24.5 Å². The Morgan fingerprint density at radius 3 is 1.48 bits per heavy atom. The maximum Gasteiger partial charge on any atom is 0.472 e. The number of carbonyl (C=O) groups is 1. The number of phosphoric acid groups is 1. The van der Waals surface area contributed by atoms with Gasteiger partial charge in [-0.2, -0.15) is 0 Å². The number of hydrogen-bond acceptors (Lipinski definition) is 6. The molecule has 0 amide bonds. The third-order valence-corrected chi connectivity index (χ3v) is 10.3. The van der Waals surface area contributed by atoms with Crippen LogP contribution in [0.25, 0.3) is 0 Å². The molecule has 9 heteroatoms. The lowest BCUT2D eigenvalue weighted by molar-refractivity contribution is -0.870. The first-order valence-corrected chi connectivity index (χ1v) is 23.1. The summed E-state index contributed by atoms with van der Waals surface area (Å²) in [6, 6.07) is 0. The van der Waals surface area contributed by atoms with Crippen LogP contribution < -0.4 is 0 Å². The van der Waals surface area contributed by atoms with E-state index in [0.717, 1.165) is 44.9 Å². The Bertz CT molecular complexity index is 889. The van der Waals surface area contributed by atoms with Crippen LogP contribution in [0.2, 0.25) is 0 Å². The number of rotatable bonds is 40. The lowest BCUT2D eigenvalue weighted by Crippen LogP contribution is -2.37. The summed E-state index contributed by atoms with van der Waals surface area (Å²) >= 11 is 0. The van der Waals surface area contributed by atoms with Crippen LogP contribution in [-0.4, -0.2) is 69.0 Å². The molecule has 308 valence electrons. The van der Waals surface area contributed by atoms with Crippen molar-refractivity contribution in [3.05, 3.63) is 24.5 Å². The van der Waals surface area contributed by atoms with Crippen molar-refractivity contribution in [2.75, 3.05) is 47.5 Å². The zero-order chi connectivity index (χ0) is 38.4. The van der Waals surface area contributed by atoms with Gasteiger partial charge in [-0.1, -0.05) is 154 Å². The standard InChI is InChI=1S/C43H84NO7P/c1-6-8-10-12-14-16-18-20-22-23-24-26-28-30-32-34-36-43(45)51-42(41-50-52(46,47)49-39-37-44(3,4)5)40-48-38-35-33-31-29-27-25-21-19-17-15-13-11-9-7-2/h22-23,35,38,42H,6-21,24-34,36-37,39-41H2,1-5H3/p+1/b23-22-,38-35-/t42-/m1/s1. The number of likely N-dealkylation sites (N-methyl/N-ethyl adjacent to an activating group) is 1. The minimum Gasteiger partial charge on any atom is -0.498 e. The number of unbranched alkanes of at least 4 members (excludes halogenated alkanes) is 24. The van der Waals surface area contributed by atoms with E-state index in [1.54, 1.807) is 6.26 Å². The number of carbonyl (C=O) groups excluding carboxylic acids is 1. The summed E-state index contributed by atoms with van der Waals surface area (Å²) in [5.41, 5.74) is 0. The van der Waals surface area contributed by atoms with Crippen LogP contribution in [0.1, 0.15) is 194 Å². The molecule has 0 saturated heterocycles. The Balaban J connectivity index is 4.30. The second-order valence-corrected chi connectivity index (χ2v) is 17.2. The maximum atomic E-state index is 12.7. The number of allylic oxidation sites excluding steroid dienone is 3. The van der Waals surface area contributed by atoms with Gasteiger partial charge in [0.25, 0.3) is 0 Å². The fourth-order valence-electron chi connectivity index (χ4n) is 5.92. The fourth-order valence-corrected chi connectivity index (χ4v) is 6.67. The van der Waals surface area contributed by atoms with E-state index >= 15 is 0 Å². The highest BCUT2D eigenvalue weighted by Gasteiger charge is 2.26. The van der Waals surface area contributed by atoms with E-state index < -0.39 is 13.9 Å². The highest BCUT2D eigenvalue weighted by Crippen LogP contribution is 2.43. The van der Waals surface area contributed by atoms with E-state index in [9.17, 15) is 14.3 Å². The molecule has 0 heterocycles. The van der Waals surface area contributed by atoms with Gasteiger partial charge in [-0.25, -0.2) is 4.57 Å². The largest absolute Gasteiger partial charge is 0.498 e. The number of esters is 1. The molecule has 0 aromatic carbocycles. The fraction of sp³-hybridized carbons (Fsp3) is 0.884. The molecule has 0 rings (SSSR count). The minimum absolute atomic E-state index is 0.0477. The predicted molar refractivity (Wildman–Crippen MR) is 219 cm³/mol. The summed E-state index contributed by atoms with van der Waals surface area (Å²) in [6.07, 6.45) is 41.6. The third kappa shape index (κ3) is 40.0. The number of ether oxygens (including phenoxy) is 2. The Labute approximate surface area is 322 Å². The molecule has 0 aliphatic heterocycles. The van der Waals surface area contributed by atoms with E-state index in [1.807, 2.05) is 27.2 Å². The first kappa shape index (κ1) is 50.8. The van der Waals surface area contributed by atoms with Gasteiger partial charge in [-0.15, -0.1) is 0 Å². The van der Waals surface area contributed by atoms with Gasteiger partial charge in [-0.05, 0) is 51.0 Å². The first-order chi connectivity index (χ1) is 25.1. The Morgan fingerprint density at radius 1 is 0.596 bits per heavy atom. The minimum atomic E-state index is -4.29. The van der Waals surface area contributed by atoms with Crippen molar-refractivity contribution >= 4 is 13.8 Å². The van der Waals surface area contributed by atoms with Gasteiger partial charge in [0.2, 0.25) is 0 Å². The monoisotopic (exact) mass is 759 g/mol. The molecule has 8 nitrogen and oxygen atoms in total. The highest BCUT2D eigenvalue weighted by atomic mass is 31.2. The van der Waals surface area contributed by atoms with E-state index in [1.165, 1.54) is 128 Å². The summed E-state index contributed by atoms with van der Waals surface area (Å²) in [6.45, 7) is 4.93. The average molecular weight is 759 g/mol. The van der Waals surface area contributed by atoms with E-state index in [-0.39, 0.29) is 25.8 Å². The molecule has 1 unspecified atom stereocenters. The molecule has 2 atom stereocenters. The maximum absolute atomic E-state index is 12.7. The number of phosphoric ester groups is 1. The van der Waals surface area contributed by atoms with Crippen LogP contribution in [0.5, 0.6) is 0 Å². The Hall–Kier alpha value is -1.18. The van der Waals surface area contributed by atoms with Crippen molar-refractivity contribution < 1.29 is 37.3 Å². The lowest BCUT2D eigenvalue weighted by Gasteiger charge is -2.24. The van der Waals surface area contributed by atoms with Crippen molar-refractivity contribution in [2.45, 2.75) is 200 Å². The Kier molecular flexibility index (Phi) is 35.9. The second-order valence-electron chi connectivity index (χ2n) is 15.8. The summed E-state index contributed by atoms with van der Waals surface area (Å²) in [7, 11) is 1.64. The van der Waals surface area contributed by atoms with Gasteiger partial charge in [0, 0.05) is 6.42 Å². The second kappa shape index (κ2) is 36.8. The van der Waals surface area contributed by atoms with Crippen LogP contribution in [0, 0.1) is 0 Å². The topological polar surface area (TPSA) is 91.3 Å². The molecule has 0 fully saturated rings. The van der Waals surface area contributed by atoms with Gasteiger partial charge in [0.15, 0.2) is 6.10 Å². The summed E-state index contributed by atoms with van der Waals surface area (Å²) < 4.78 is 34.7. The molecule has 52 heavy (non-hydrogen) atoms. The van der Waals surface area contributed by atoms with Crippen molar-refractivity contribution in [3.8, 4) is 0 Å². The van der Waals surface area contributed by atoms with Crippen molar-refractivity contribution in [2.24, 2.45) is 0 Å². The number of hydrogen-bond donors (Lipinski definition) is 1. The van der Waals surface area contributed by atoms with E-state index in [4.69, 9.17) is 18.5 Å². The van der Waals surface area contributed by atoms with Crippen LogP contribution in [0.3, 0.4) is 0 Å². The smallest absolute Gasteiger partial charge is 0.472 e. The van der Waals surface area contributed by atoms with Gasteiger partial charge in [0.05, 0.1) is 34.0 Å². The first-order valence-electron chi connectivity index (χ1n) is 21.6. The molecule has 0 radical (unpaired) electrons. The zero-order valence-corrected chi connectivity index (χ0v) is 35.7. The Morgan fingerprint density at radius 2 is 1.02 bits per heavy atom. The lowest BCUT2D eigenvalue weighted by atomic mass is 10.0. The van der Waals surface area contributed by atoms with Crippen LogP contribution >= 0.6 is 7.82 Å². The molecule has 0 saturated carbocycles. The molecular formula is C43H85NO7P+. The summed E-state index contributed by atoms with van der Waals surface area (Å²) in [5.74, 6) is -0.343. The molecule has 0 aromatic rings. The zero-order valence-electron chi connectivity index (χ0n) is 34.8. The molecule has 1 N–H and O–H groups in total. The molecule has 0 aromatic heterocycles. The van der Waals surface area contributed by atoms with Gasteiger partial charge in [0.1, 0.15) is 19.8 Å². The van der Waals surface area contributed by atoms with Crippen molar-refractivity contribution in [1.29, 1.82) is 0 Å². The van der Waals surface area contributed by atoms with Gasteiger partial charge < -0.3 is 18.9 Å². The van der Waals surface area contributed by atoms with E-state index in [0.29, 0.717) is 17.4 Å². The predicted octanol–water partition coefficient (Wildman–Crippen LogP) is 12.8. The highest BCUT2D eigenvalue weighted by molar-refractivity contribution is 7.47. The van der Waals surface area contributed by atoms with Crippen molar-refractivity contribution in [3.63, 3.8) is 0 Å². The summed E-state index contributed by atoms with van der Waals surface area (Å²) in [5, 5.41) is 0. The molecule has 0 aliphatic rings. The molecule has 0 aliphatic carbocycles. The van der Waals surface area contributed by atoms with Crippen LogP contribution in [0.4, 0.5) is 0 Å².